The standard InChI is InChI=1S/C16H14FNO3/c1-16(19,10-3-6-12(20-2)7-4-10)15-18-13-9-11(17)5-8-14(13)21-15/h3-9,19H,1-2H3. The zero-order valence-corrected chi connectivity index (χ0v) is 11.6. The van der Waals surface area contributed by atoms with Crippen LogP contribution in [0.2, 0.25) is 0 Å². The Balaban J connectivity index is 2.05. The number of methoxy groups -OCH3 is 1. The zero-order valence-electron chi connectivity index (χ0n) is 11.6. The summed E-state index contributed by atoms with van der Waals surface area (Å²) in [6.07, 6.45) is 0. The smallest absolute Gasteiger partial charge is 0.231 e. The van der Waals surface area contributed by atoms with Crippen molar-refractivity contribution in [3.63, 3.8) is 0 Å². The summed E-state index contributed by atoms with van der Waals surface area (Å²) < 4.78 is 23.8. The average molecular weight is 287 g/mol. The summed E-state index contributed by atoms with van der Waals surface area (Å²) in [4.78, 5) is 4.18. The van der Waals surface area contributed by atoms with E-state index >= 15 is 0 Å². The third-order valence-electron chi connectivity index (χ3n) is 3.42. The molecule has 3 rings (SSSR count). The van der Waals surface area contributed by atoms with E-state index in [2.05, 4.69) is 4.98 Å². The van der Waals surface area contributed by atoms with E-state index < -0.39 is 11.4 Å². The minimum absolute atomic E-state index is 0.119. The third-order valence-corrected chi connectivity index (χ3v) is 3.42. The maximum atomic E-state index is 13.2. The van der Waals surface area contributed by atoms with Gasteiger partial charge in [0.25, 0.3) is 0 Å². The van der Waals surface area contributed by atoms with Gasteiger partial charge in [0.05, 0.1) is 7.11 Å². The van der Waals surface area contributed by atoms with Gasteiger partial charge in [0, 0.05) is 6.07 Å². The highest BCUT2D eigenvalue weighted by Crippen LogP contribution is 2.31. The molecule has 0 fully saturated rings. The Kier molecular flexibility index (Phi) is 3.14. The van der Waals surface area contributed by atoms with Gasteiger partial charge in [-0.2, -0.15) is 0 Å². The number of hydrogen-bond acceptors (Lipinski definition) is 4. The molecule has 0 aliphatic carbocycles. The van der Waals surface area contributed by atoms with Gasteiger partial charge in [-0.05, 0) is 36.8 Å². The maximum Gasteiger partial charge on any atom is 0.231 e. The van der Waals surface area contributed by atoms with Crippen molar-refractivity contribution in [2.75, 3.05) is 7.11 Å². The molecule has 0 bridgehead atoms. The quantitative estimate of drug-likeness (QED) is 0.803. The van der Waals surface area contributed by atoms with Gasteiger partial charge in [0.1, 0.15) is 17.1 Å². The van der Waals surface area contributed by atoms with E-state index in [1.54, 1.807) is 38.3 Å². The fourth-order valence-electron chi connectivity index (χ4n) is 2.15. The normalized spacial score (nSPS) is 14.1. The molecule has 0 amide bonds. The van der Waals surface area contributed by atoms with Gasteiger partial charge < -0.3 is 14.3 Å². The van der Waals surface area contributed by atoms with Crippen LogP contribution in [0, 0.1) is 5.82 Å². The number of fused-ring (bicyclic) bond motifs is 1. The summed E-state index contributed by atoms with van der Waals surface area (Å²) in [6, 6.07) is 11.0. The molecule has 0 spiro atoms. The first kappa shape index (κ1) is 13.6. The number of aliphatic hydroxyl groups is 1. The molecule has 0 aliphatic rings. The number of benzene rings is 2. The second-order valence-corrected chi connectivity index (χ2v) is 4.93. The highest BCUT2D eigenvalue weighted by molar-refractivity contribution is 5.72. The van der Waals surface area contributed by atoms with Gasteiger partial charge in [-0.3, -0.25) is 0 Å². The van der Waals surface area contributed by atoms with Crippen molar-refractivity contribution in [3.8, 4) is 5.75 Å². The van der Waals surface area contributed by atoms with Crippen molar-refractivity contribution in [1.82, 2.24) is 4.98 Å². The van der Waals surface area contributed by atoms with Crippen LogP contribution in [0.3, 0.4) is 0 Å². The highest BCUT2D eigenvalue weighted by atomic mass is 19.1. The number of aromatic nitrogens is 1. The maximum absolute atomic E-state index is 13.2. The van der Waals surface area contributed by atoms with E-state index in [4.69, 9.17) is 9.15 Å². The Labute approximate surface area is 120 Å². The molecular weight excluding hydrogens is 273 g/mol. The summed E-state index contributed by atoms with van der Waals surface area (Å²) in [6.45, 7) is 1.58. The van der Waals surface area contributed by atoms with Crippen molar-refractivity contribution < 1.29 is 18.7 Å². The summed E-state index contributed by atoms with van der Waals surface area (Å²) in [7, 11) is 1.57. The summed E-state index contributed by atoms with van der Waals surface area (Å²) in [5.74, 6) is 0.411. The van der Waals surface area contributed by atoms with Crippen LogP contribution in [0.1, 0.15) is 18.4 Å². The monoisotopic (exact) mass is 287 g/mol. The molecular formula is C16H14FNO3. The SMILES string of the molecule is COc1ccc(C(C)(O)c2nc3cc(F)ccc3o2)cc1. The van der Waals surface area contributed by atoms with E-state index in [1.807, 2.05) is 0 Å². The second kappa shape index (κ2) is 4.86. The number of rotatable bonds is 3. The molecule has 3 aromatic rings. The summed E-state index contributed by atoms with van der Waals surface area (Å²) >= 11 is 0. The Morgan fingerprint density at radius 2 is 1.90 bits per heavy atom. The average Bonchev–Trinajstić information content (AvgIpc) is 2.91. The van der Waals surface area contributed by atoms with E-state index in [0.29, 0.717) is 22.4 Å². The molecule has 1 N–H and O–H groups in total. The lowest BCUT2D eigenvalue weighted by atomic mass is 9.96. The molecule has 0 saturated carbocycles. The fraction of sp³-hybridized carbons (Fsp3) is 0.188. The summed E-state index contributed by atoms with van der Waals surface area (Å²) in [5, 5.41) is 10.7. The molecule has 0 radical (unpaired) electrons. The van der Waals surface area contributed by atoms with Crippen LogP contribution in [0.15, 0.2) is 46.9 Å². The van der Waals surface area contributed by atoms with Crippen LogP contribution in [0.25, 0.3) is 11.1 Å². The van der Waals surface area contributed by atoms with E-state index in [9.17, 15) is 9.50 Å². The lowest BCUT2D eigenvalue weighted by Gasteiger charge is -2.20. The Morgan fingerprint density at radius 1 is 1.19 bits per heavy atom. The minimum atomic E-state index is -1.41. The third kappa shape index (κ3) is 2.36. The van der Waals surface area contributed by atoms with Crippen LogP contribution in [0.4, 0.5) is 4.39 Å². The Morgan fingerprint density at radius 3 is 2.57 bits per heavy atom. The van der Waals surface area contributed by atoms with Crippen molar-refractivity contribution >= 4 is 11.1 Å². The van der Waals surface area contributed by atoms with Crippen LogP contribution < -0.4 is 4.74 Å². The Bertz CT molecular complexity index is 778. The molecule has 2 aromatic carbocycles. The highest BCUT2D eigenvalue weighted by Gasteiger charge is 2.31. The van der Waals surface area contributed by atoms with E-state index in [1.165, 1.54) is 18.2 Å². The second-order valence-electron chi connectivity index (χ2n) is 4.93. The van der Waals surface area contributed by atoms with Crippen molar-refractivity contribution in [2.24, 2.45) is 0 Å². The van der Waals surface area contributed by atoms with E-state index in [-0.39, 0.29) is 5.89 Å². The van der Waals surface area contributed by atoms with Crippen LogP contribution >= 0.6 is 0 Å². The molecule has 1 heterocycles. The first-order valence-electron chi connectivity index (χ1n) is 6.44. The number of nitrogens with zero attached hydrogens (tertiary/aromatic N) is 1. The molecule has 21 heavy (non-hydrogen) atoms. The van der Waals surface area contributed by atoms with Gasteiger partial charge in [-0.1, -0.05) is 12.1 Å². The first-order valence-corrected chi connectivity index (χ1v) is 6.44. The number of ether oxygens (including phenoxy) is 1. The molecule has 0 saturated heterocycles. The van der Waals surface area contributed by atoms with Crippen molar-refractivity contribution in [2.45, 2.75) is 12.5 Å². The molecule has 0 aliphatic heterocycles. The van der Waals surface area contributed by atoms with Crippen molar-refractivity contribution in [3.05, 3.63) is 59.7 Å². The number of oxazole rings is 1. The van der Waals surface area contributed by atoms with Crippen LogP contribution in [-0.2, 0) is 5.60 Å². The van der Waals surface area contributed by atoms with Gasteiger partial charge >= 0.3 is 0 Å². The van der Waals surface area contributed by atoms with Gasteiger partial charge in [-0.25, -0.2) is 9.37 Å². The van der Waals surface area contributed by atoms with Gasteiger partial charge in [0.15, 0.2) is 11.2 Å². The predicted octanol–water partition coefficient (Wildman–Crippen LogP) is 3.23. The van der Waals surface area contributed by atoms with E-state index in [0.717, 1.165) is 0 Å². The Hall–Kier alpha value is -2.40. The number of hydrogen-bond donors (Lipinski definition) is 1. The van der Waals surface area contributed by atoms with Crippen LogP contribution in [0.5, 0.6) is 5.75 Å². The number of halogens is 1. The lowest BCUT2D eigenvalue weighted by Crippen LogP contribution is -2.23. The van der Waals surface area contributed by atoms with Crippen molar-refractivity contribution in [1.29, 1.82) is 0 Å². The summed E-state index contributed by atoms with van der Waals surface area (Å²) in [5.41, 5.74) is -0.00352. The molecule has 4 nitrogen and oxygen atoms in total. The minimum Gasteiger partial charge on any atom is -0.497 e. The topological polar surface area (TPSA) is 55.5 Å². The molecule has 1 unspecified atom stereocenters. The first-order chi connectivity index (χ1) is 10.0. The molecule has 108 valence electrons. The van der Waals surface area contributed by atoms with Gasteiger partial charge in [0.2, 0.25) is 5.89 Å². The fourth-order valence-corrected chi connectivity index (χ4v) is 2.15. The largest absolute Gasteiger partial charge is 0.497 e. The van der Waals surface area contributed by atoms with Crippen LogP contribution in [-0.4, -0.2) is 17.2 Å². The molecule has 5 heteroatoms. The zero-order chi connectivity index (χ0) is 15.0. The lowest BCUT2D eigenvalue weighted by molar-refractivity contribution is 0.0726. The molecule has 1 atom stereocenters. The molecule has 1 aromatic heterocycles. The van der Waals surface area contributed by atoms with Gasteiger partial charge in [-0.15, -0.1) is 0 Å². The predicted molar refractivity (Wildman–Crippen MR) is 75.6 cm³/mol.